The first-order chi connectivity index (χ1) is 15.2. The number of hydrogen-bond donors (Lipinski definition) is 1. The first kappa shape index (κ1) is 24.8. The van der Waals surface area contributed by atoms with Crippen LogP contribution in [0.2, 0.25) is 5.02 Å². The summed E-state index contributed by atoms with van der Waals surface area (Å²) in [5.41, 5.74) is -0.869. The molecule has 16 heteroatoms. The van der Waals surface area contributed by atoms with Gasteiger partial charge in [0.25, 0.3) is 15.2 Å². The van der Waals surface area contributed by atoms with Crippen LogP contribution in [0.3, 0.4) is 0 Å². The maximum atomic E-state index is 12.7. The van der Waals surface area contributed by atoms with E-state index in [0.717, 1.165) is 28.8 Å². The molecule has 0 aliphatic rings. The van der Waals surface area contributed by atoms with Crippen molar-refractivity contribution in [1.82, 2.24) is 18.5 Å². The molecule has 3 rings (SSSR count). The quantitative estimate of drug-likeness (QED) is 0.502. The normalized spacial score (nSPS) is 12.7. The zero-order valence-corrected chi connectivity index (χ0v) is 19.2. The smallest absolute Gasteiger partial charge is 0.416 e. The highest BCUT2D eigenvalue weighted by molar-refractivity contribution is 7.92. The van der Waals surface area contributed by atoms with Gasteiger partial charge in [-0.05, 0) is 42.5 Å². The van der Waals surface area contributed by atoms with Crippen molar-refractivity contribution in [3.05, 3.63) is 59.4 Å². The van der Waals surface area contributed by atoms with Crippen molar-refractivity contribution >= 4 is 37.5 Å². The summed E-state index contributed by atoms with van der Waals surface area (Å²) in [5.74, 6) is 0.133. The fraction of sp³-hybridized carbons (Fsp3) is 0.176. The molecule has 0 bridgehead atoms. The van der Waals surface area contributed by atoms with Crippen molar-refractivity contribution in [3.63, 3.8) is 0 Å². The molecule has 0 spiro atoms. The van der Waals surface area contributed by atoms with Gasteiger partial charge in [0.05, 0.1) is 10.6 Å². The van der Waals surface area contributed by atoms with Gasteiger partial charge in [-0.15, -0.1) is 9.19 Å². The van der Waals surface area contributed by atoms with E-state index in [1.807, 2.05) is 0 Å². The highest BCUT2D eigenvalue weighted by Gasteiger charge is 2.31. The van der Waals surface area contributed by atoms with Gasteiger partial charge in [0.2, 0.25) is 0 Å². The molecule has 2 aromatic carbocycles. The number of halogens is 4. The van der Waals surface area contributed by atoms with Crippen LogP contribution in [0.15, 0.2) is 53.9 Å². The Balaban J connectivity index is 1.74. The van der Waals surface area contributed by atoms with Crippen LogP contribution in [-0.2, 0) is 26.4 Å². The molecule has 0 radical (unpaired) electrons. The van der Waals surface area contributed by atoms with E-state index >= 15 is 0 Å². The number of rotatable bonds is 7. The number of hydrogen-bond acceptors (Lipinski definition) is 7. The predicted molar refractivity (Wildman–Crippen MR) is 112 cm³/mol. The Hall–Kier alpha value is -2.88. The fourth-order valence-electron chi connectivity index (χ4n) is 2.32. The van der Waals surface area contributed by atoms with Gasteiger partial charge in [-0.2, -0.15) is 34.3 Å². The predicted octanol–water partition coefficient (Wildman–Crippen LogP) is 3.20. The summed E-state index contributed by atoms with van der Waals surface area (Å²) in [5, 5.41) is 2.45. The van der Waals surface area contributed by atoms with Crippen molar-refractivity contribution in [2.75, 3.05) is 18.8 Å². The maximum Gasteiger partial charge on any atom is 0.416 e. The fourth-order valence-corrected chi connectivity index (χ4v) is 4.19. The molecule has 1 N–H and O–H groups in total. The summed E-state index contributed by atoms with van der Waals surface area (Å²) in [6, 6.07) is 7.89. The van der Waals surface area contributed by atoms with Crippen LogP contribution in [0, 0.1) is 0 Å². The van der Waals surface area contributed by atoms with Gasteiger partial charge >= 0.3 is 16.4 Å². The second kappa shape index (κ2) is 8.81. The first-order valence-electron chi connectivity index (χ1n) is 8.72. The van der Waals surface area contributed by atoms with Gasteiger partial charge in [0.15, 0.2) is 0 Å². The summed E-state index contributed by atoms with van der Waals surface area (Å²) < 4.78 is 95.9. The summed E-state index contributed by atoms with van der Waals surface area (Å²) in [6.07, 6.45) is -3.81. The van der Waals surface area contributed by atoms with Crippen molar-refractivity contribution in [3.8, 4) is 11.5 Å². The van der Waals surface area contributed by atoms with Crippen LogP contribution in [0.4, 0.5) is 18.9 Å². The van der Waals surface area contributed by atoms with Gasteiger partial charge < -0.3 is 4.74 Å². The molecule has 0 unspecified atom stereocenters. The van der Waals surface area contributed by atoms with Gasteiger partial charge in [-0.1, -0.05) is 11.6 Å². The zero-order chi connectivity index (χ0) is 24.6. The molecule has 3 aromatic rings. The van der Waals surface area contributed by atoms with E-state index in [-0.39, 0.29) is 22.2 Å². The second-order valence-electron chi connectivity index (χ2n) is 6.56. The lowest BCUT2D eigenvalue weighted by Gasteiger charge is -2.12. The van der Waals surface area contributed by atoms with E-state index in [1.54, 1.807) is 0 Å². The van der Waals surface area contributed by atoms with E-state index in [2.05, 4.69) is 14.8 Å². The third-order valence-corrected chi connectivity index (χ3v) is 7.02. The van der Waals surface area contributed by atoms with Crippen molar-refractivity contribution in [2.45, 2.75) is 11.3 Å². The van der Waals surface area contributed by atoms with Crippen molar-refractivity contribution < 1.29 is 34.7 Å². The molecule has 0 atom stereocenters. The molecule has 1 heterocycles. The number of alkyl halides is 3. The minimum atomic E-state index is -4.55. The maximum absolute atomic E-state index is 12.7. The van der Waals surface area contributed by atoms with Crippen LogP contribution in [-0.4, -0.2) is 49.4 Å². The first-order valence-corrected chi connectivity index (χ1v) is 12.0. The average Bonchev–Trinajstić information content (AvgIpc) is 3.22. The molecule has 0 fully saturated rings. The summed E-state index contributed by atoms with van der Waals surface area (Å²) >= 11 is 5.85. The van der Waals surface area contributed by atoms with Crippen molar-refractivity contribution in [2.24, 2.45) is 0 Å². The number of sulfonamides is 1. The number of anilines is 1. The van der Waals surface area contributed by atoms with E-state index in [0.29, 0.717) is 4.09 Å². The lowest BCUT2D eigenvalue weighted by Crippen LogP contribution is -2.29. The molecular weight excluding hydrogens is 511 g/mol. The Morgan fingerprint density at radius 2 is 1.70 bits per heavy atom. The van der Waals surface area contributed by atoms with E-state index < -0.39 is 37.1 Å². The SMILES string of the molecule is CN(C)S(=O)(=O)n1cnc(S(=O)(=O)Nc2ccc(Oc3ccc(C(F)(F)F)cc3Cl)cc2)n1. The van der Waals surface area contributed by atoms with Crippen LogP contribution in [0.25, 0.3) is 0 Å². The molecule has 0 amide bonds. The molecule has 0 saturated carbocycles. The Labute approximate surface area is 191 Å². The lowest BCUT2D eigenvalue weighted by molar-refractivity contribution is -0.137. The Morgan fingerprint density at radius 3 is 2.24 bits per heavy atom. The highest BCUT2D eigenvalue weighted by atomic mass is 35.5. The number of nitrogens with zero attached hydrogens (tertiary/aromatic N) is 4. The Kier molecular flexibility index (Phi) is 6.61. The molecule has 0 aliphatic carbocycles. The molecule has 0 saturated heterocycles. The number of aromatic nitrogens is 3. The lowest BCUT2D eigenvalue weighted by atomic mass is 10.2. The standard InChI is InChI=1S/C17H15ClF3N5O5S2/c1-25(2)33(29,30)26-10-22-16(23-26)32(27,28)24-12-4-6-13(7-5-12)31-15-8-3-11(9-14(15)18)17(19,20)21/h3-10,24H,1-2H3. The number of ether oxygens (including phenoxy) is 1. The molecule has 33 heavy (non-hydrogen) atoms. The number of nitrogens with one attached hydrogen (secondary N) is 1. The minimum absolute atomic E-state index is 0.0326. The van der Waals surface area contributed by atoms with Gasteiger partial charge in [-0.3, -0.25) is 4.72 Å². The van der Waals surface area contributed by atoms with Crippen LogP contribution in [0.5, 0.6) is 11.5 Å². The average molecular weight is 526 g/mol. The van der Waals surface area contributed by atoms with Gasteiger partial charge in [0.1, 0.15) is 17.8 Å². The Morgan fingerprint density at radius 1 is 1.06 bits per heavy atom. The Bertz CT molecular complexity index is 1370. The van der Waals surface area contributed by atoms with E-state index in [1.165, 1.54) is 38.4 Å². The van der Waals surface area contributed by atoms with E-state index in [9.17, 15) is 30.0 Å². The monoisotopic (exact) mass is 525 g/mol. The molecule has 0 aliphatic heterocycles. The zero-order valence-electron chi connectivity index (χ0n) is 16.8. The molecule has 178 valence electrons. The van der Waals surface area contributed by atoms with Crippen LogP contribution < -0.4 is 9.46 Å². The largest absolute Gasteiger partial charge is 0.456 e. The van der Waals surface area contributed by atoms with Crippen molar-refractivity contribution in [1.29, 1.82) is 0 Å². The second-order valence-corrected chi connectivity index (χ2v) is 10.5. The number of benzene rings is 2. The minimum Gasteiger partial charge on any atom is -0.456 e. The van der Waals surface area contributed by atoms with Gasteiger partial charge in [-0.25, -0.2) is 4.98 Å². The van der Waals surface area contributed by atoms with Crippen LogP contribution in [0.1, 0.15) is 5.56 Å². The summed E-state index contributed by atoms with van der Waals surface area (Å²) in [7, 11) is -5.88. The molecular formula is C17H15ClF3N5O5S2. The summed E-state index contributed by atoms with van der Waals surface area (Å²) in [6.45, 7) is 0. The topological polar surface area (TPSA) is 123 Å². The molecule has 10 nitrogen and oxygen atoms in total. The van der Waals surface area contributed by atoms with Gasteiger partial charge in [0, 0.05) is 19.8 Å². The van der Waals surface area contributed by atoms with Crippen LogP contribution >= 0.6 is 11.6 Å². The summed E-state index contributed by atoms with van der Waals surface area (Å²) in [4.78, 5) is 3.52. The van der Waals surface area contributed by atoms with E-state index in [4.69, 9.17) is 16.3 Å². The molecule has 1 aromatic heterocycles. The third-order valence-electron chi connectivity index (χ3n) is 3.98. The highest BCUT2D eigenvalue weighted by Crippen LogP contribution is 2.36. The third kappa shape index (κ3) is 5.55.